The zero-order chi connectivity index (χ0) is 55.5. The standard InChI is InChI=1S/C67H123NO8/c1-6-8-10-12-14-16-18-20-22-24-26-28-30-31-32-33-34-35-36-38-40-42-44-46-48-50-52-54-56-58-65(70)76-63(62-75-67(66(71)72)73-60-59-68(3,4)5)61-74-64(69)57-55-53-51-49-47-45-43-41-39-37-29-27-25-23-21-19-17-15-13-11-9-7-2/h8,10,14,16,20,22,26,28,63,67H,6-7,9,11-13,15,17-19,21,23-25,27,29-62H2,1-5H3/b10-8-,16-14-,22-20-,28-26-. The summed E-state index contributed by atoms with van der Waals surface area (Å²) in [7, 11) is 5.94. The maximum atomic E-state index is 12.9. The minimum Gasteiger partial charge on any atom is -0.545 e. The molecular formula is C67H123NO8. The van der Waals surface area contributed by atoms with Gasteiger partial charge in [-0.05, 0) is 51.4 Å². The van der Waals surface area contributed by atoms with Crippen LogP contribution in [0.2, 0.25) is 0 Å². The Morgan fingerprint density at radius 3 is 1.12 bits per heavy atom. The van der Waals surface area contributed by atoms with Crippen LogP contribution in [0.4, 0.5) is 0 Å². The maximum absolute atomic E-state index is 12.9. The lowest BCUT2D eigenvalue weighted by molar-refractivity contribution is -0.870. The van der Waals surface area contributed by atoms with E-state index in [2.05, 4.69) is 62.5 Å². The summed E-state index contributed by atoms with van der Waals surface area (Å²) in [4.78, 5) is 37.4. The number of ether oxygens (including phenoxy) is 4. The molecule has 0 amide bonds. The average Bonchev–Trinajstić information content (AvgIpc) is 3.39. The second-order valence-electron chi connectivity index (χ2n) is 23.0. The lowest BCUT2D eigenvalue weighted by Gasteiger charge is -2.26. The van der Waals surface area contributed by atoms with E-state index in [1.807, 2.05) is 21.1 Å². The number of allylic oxidation sites excluding steroid dienone is 8. The smallest absolute Gasteiger partial charge is 0.306 e. The van der Waals surface area contributed by atoms with E-state index in [4.69, 9.17) is 18.9 Å². The number of quaternary nitrogens is 1. The van der Waals surface area contributed by atoms with Crippen LogP contribution in [0.15, 0.2) is 48.6 Å². The van der Waals surface area contributed by atoms with Crippen LogP contribution >= 0.6 is 0 Å². The van der Waals surface area contributed by atoms with E-state index in [0.717, 1.165) is 57.8 Å². The van der Waals surface area contributed by atoms with Gasteiger partial charge in [-0.1, -0.05) is 287 Å². The highest BCUT2D eigenvalue weighted by atomic mass is 16.7. The molecule has 0 aliphatic heterocycles. The molecule has 0 N–H and O–H groups in total. The summed E-state index contributed by atoms with van der Waals surface area (Å²) >= 11 is 0. The first-order valence-corrected chi connectivity index (χ1v) is 32.3. The molecule has 0 rings (SSSR count). The Labute approximate surface area is 470 Å². The van der Waals surface area contributed by atoms with Gasteiger partial charge < -0.3 is 33.3 Å². The van der Waals surface area contributed by atoms with Crippen molar-refractivity contribution < 1.29 is 42.9 Å². The Bertz CT molecular complexity index is 1380. The number of carbonyl (C=O) groups excluding carboxylic acids is 3. The van der Waals surface area contributed by atoms with Crippen LogP contribution in [0, 0.1) is 0 Å². The number of carboxylic acids is 1. The summed E-state index contributed by atoms with van der Waals surface area (Å²) in [5.41, 5.74) is 0. The van der Waals surface area contributed by atoms with Crippen molar-refractivity contribution in [1.82, 2.24) is 0 Å². The molecule has 2 unspecified atom stereocenters. The van der Waals surface area contributed by atoms with Crippen molar-refractivity contribution in [3.8, 4) is 0 Å². The third-order valence-electron chi connectivity index (χ3n) is 14.3. The normalized spacial score (nSPS) is 13.0. The molecule has 0 aliphatic rings. The van der Waals surface area contributed by atoms with Crippen molar-refractivity contribution >= 4 is 17.9 Å². The molecule has 9 heteroatoms. The first-order chi connectivity index (χ1) is 37.1. The van der Waals surface area contributed by atoms with Crippen molar-refractivity contribution in [2.24, 2.45) is 0 Å². The maximum Gasteiger partial charge on any atom is 0.306 e. The van der Waals surface area contributed by atoms with Gasteiger partial charge >= 0.3 is 11.9 Å². The molecule has 76 heavy (non-hydrogen) atoms. The quantitative estimate of drug-likeness (QED) is 0.0195. The second-order valence-corrected chi connectivity index (χ2v) is 23.0. The van der Waals surface area contributed by atoms with Crippen molar-refractivity contribution in [2.75, 3.05) is 47.5 Å². The average molecular weight is 1070 g/mol. The number of hydrogen-bond acceptors (Lipinski definition) is 8. The largest absolute Gasteiger partial charge is 0.545 e. The SMILES string of the molecule is CC/C=C\C/C=C\C/C=C\C/C=C\CCCCCCCCCCCCCCCCCCC(=O)OC(COC(=O)CCCCCCCCCCCCCCCCCCCCCCCC)COC(OCC[N+](C)(C)C)C(=O)[O-]. The predicted octanol–water partition coefficient (Wildman–Crippen LogP) is 18.1. The Morgan fingerprint density at radius 1 is 0.408 bits per heavy atom. The fraction of sp³-hybridized carbons (Fsp3) is 0.836. The van der Waals surface area contributed by atoms with Crippen LogP contribution < -0.4 is 5.11 Å². The summed E-state index contributed by atoms with van der Waals surface area (Å²) in [6.07, 6.45) is 70.3. The number of carbonyl (C=O) groups is 3. The minimum absolute atomic E-state index is 0.150. The van der Waals surface area contributed by atoms with Gasteiger partial charge in [0.05, 0.1) is 40.3 Å². The molecule has 0 aliphatic carbocycles. The predicted molar refractivity (Wildman–Crippen MR) is 320 cm³/mol. The van der Waals surface area contributed by atoms with Crippen LogP contribution in [-0.2, 0) is 33.3 Å². The monoisotopic (exact) mass is 1070 g/mol. The molecule has 9 nitrogen and oxygen atoms in total. The molecule has 444 valence electrons. The summed E-state index contributed by atoms with van der Waals surface area (Å²) in [6.45, 7) is 4.69. The van der Waals surface area contributed by atoms with Crippen LogP contribution in [0.25, 0.3) is 0 Å². The topological polar surface area (TPSA) is 111 Å². The van der Waals surface area contributed by atoms with Gasteiger partial charge in [0.15, 0.2) is 12.4 Å². The fourth-order valence-electron chi connectivity index (χ4n) is 9.41. The number of esters is 2. The molecule has 0 saturated heterocycles. The van der Waals surface area contributed by atoms with Crippen LogP contribution in [0.1, 0.15) is 303 Å². The van der Waals surface area contributed by atoms with Gasteiger partial charge in [0.2, 0.25) is 0 Å². The van der Waals surface area contributed by atoms with Crippen molar-refractivity contribution in [1.29, 1.82) is 0 Å². The Hall–Kier alpha value is -2.75. The van der Waals surface area contributed by atoms with Crippen LogP contribution in [-0.4, -0.2) is 82.3 Å². The van der Waals surface area contributed by atoms with Crippen LogP contribution in [0.3, 0.4) is 0 Å². The van der Waals surface area contributed by atoms with Crippen LogP contribution in [0.5, 0.6) is 0 Å². The molecule has 0 fully saturated rings. The number of unbranched alkanes of at least 4 members (excludes halogenated alkanes) is 37. The summed E-state index contributed by atoms with van der Waals surface area (Å²) < 4.78 is 22.8. The van der Waals surface area contributed by atoms with Gasteiger partial charge in [-0.2, -0.15) is 0 Å². The fourth-order valence-corrected chi connectivity index (χ4v) is 9.41. The number of hydrogen-bond donors (Lipinski definition) is 0. The zero-order valence-electron chi connectivity index (χ0n) is 50.6. The number of carboxylic acid groups (broad SMARTS) is 1. The van der Waals surface area contributed by atoms with E-state index in [-0.39, 0.29) is 32.2 Å². The van der Waals surface area contributed by atoms with E-state index < -0.39 is 24.3 Å². The third-order valence-corrected chi connectivity index (χ3v) is 14.3. The summed E-state index contributed by atoms with van der Waals surface area (Å²) in [6, 6.07) is 0. The highest BCUT2D eigenvalue weighted by Crippen LogP contribution is 2.18. The zero-order valence-corrected chi connectivity index (χ0v) is 50.6. The number of aliphatic carboxylic acids is 1. The molecule has 0 aromatic heterocycles. The lowest BCUT2D eigenvalue weighted by atomic mass is 10.0. The van der Waals surface area contributed by atoms with Crippen molar-refractivity contribution in [2.45, 2.75) is 315 Å². The van der Waals surface area contributed by atoms with E-state index in [0.29, 0.717) is 23.9 Å². The van der Waals surface area contributed by atoms with Gasteiger partial charge in [0.25, 0.3) is 0 Å². The molecular weight excluding hydrogens is 947 g/mol. The Morgan fingerprint density at radius 2 is 0.750 bits per heavy atom. The number of likely N-dealkylation sites (N-methyl/N-ethyl adjacent to an activating group) is 1. The van der Waals surface area contributed by atoms with Gasteiger partial charge in [0.1, 0.15) is 13.2 Å². The highest BCUT2D eigenvalue weighted by molar-refractivity contribution is 5.70. The number of nitrogens with zero attached hydrogens (tertiary/aromatic N) is 1. The van der Waals surface area contributed by atoms with Gasteiger partial charge in [0, 0.05) is 12.8 Å². The van der Waals surface area contributed by atoms with E-state index in [1.165, 1.54) is 212 Å². The van der Waals surface area contributed by atoms with Gasteiger partial charge in [-0.15, -0.1) is 0 Å². The lowest BCUT2D eigenvalue weighted by Crippen LogP contribution is -2.44. The van der Waals surface area contributed by atoms with E-state index in [1.54, 1.807) is 0 Å². The third kappa shape index (κ3) is 58.9. The van der Waals surface area contributed by atoms with Crippen molar-refractivity contribution in [3.63, 3.8) is 0 Å². The summed E-state index contributed by atoms with van der Waals surface area (Å²) in [5.74, 6) is -2.26. The van der Waals surface area contributed by atoms with E-state index >= 15 is 0 Å². The molecule has 0 spiro atoms. The summed E-state index contributed by atoms with van der Waals surface area (Å²) in [5, 5.41) is 11.8. The Balaban J connectivity index is 4.13. The number of rotatable bonds is 60. The van der Waals surface area contributed by atoms with Gasteiger partial charge in [-0.25, -0.2) is 0 Å². The molecule has 0 heterocycles. The van der Waals surface area contributed by atoms with Gasteiger partial charge in [-0.3, -0.25) is 9.59 Å². The van der Waals surface area contributed by atoms with Crippen molar-refractivity contribution in [3.05, 3.63) is 48.6 Å². The molecule has 0 aromatic carbocycles. The van der Waals surface area contributed by atoms with E-state index in [9.17, 15) is 19.5 Å². The minimum atomic E-state index is -1.62. The molecule has 0 saturated carbocycles. The molecule has 0 radical (unpaired) electrons. The first-order valence-electron chi connectivity index (χ1n) is 32.3. The molecule has 2 atom stereocenters. The molecule has 0 aromatic rings. The second kappa shape index (κ2) is 58.4. The Kier molecular flexibility index (Phi) is 56.3. The molecule has 0 bridgehead atoms. The first kappa shape index (κ1) is 73.2. The highest BCUT2D eigenvalue weighted by Gasteiger charge is 2.22.